The maximum atomic E-state index is 11.8. The molecule has 2 rings (SSSR count). The lowest BCUT2D eigenvalue weighted by atomic mass is 9.87. The third-order valence-electron chi connectivity index (χ3n) is 3.41. The first-order valence-electron chi connectivity index (χ1n) is 7.76. The molecule has 2 aromatic rings. The summed E-state index contributed by atoms with van der Waals surface area (Å²) in [7, 11) is 0. The van der Waals surface area contributed by atoms with E-state index in [0.717, 1.165) is 10.0 Å². The second kappa shape index (κ2) is 8.50. The molecule has 6 heteroatoms. The van der Waals surface area contributed by atoms with Crippen molar-refractivity contribution in [3.8, 4) is 5.75 Å². The van der Waals surface area contributed by atoms with Gasteiger partial charge < -0.3 is 4.74 Å². The number of nitrogens with zero attached hydrogens (tertiary/aromatic N) is 1. The van der Waals surface area contributed by atoms with Gasteiger partial charge in [0.05, 0.1) is 10.7 Å². The zero-order chi connectivity index (χ0) is 18.4. The highest BCUT2D eigenvalue weighted by Crippen LogP contribution is 2.31. The molecule has 0 bridgehead atoms. The Balaban J connectivity index is 1.88. The van der Waals surface area contributed by atoms with Gasteiger partial charge in [0.15, 0.2) is 6.61 Å². The molecule has 4 nitrogen and oxygen atoms in total. The van der Waals surface area contributed by atoms with E-state index in [1.807, 2.05) is 30.3 Å². The topological polar surface area (TPSA) is 50.7 Å². The van der Waals surface area contributed by atoms with E-state index >= 15 is 0 Å². The van der Waals surface area contributed by atoms with Gasteiger partial charge in [-0.05, 0) is 56.7 Å². The molecular formula is C19H20BrClN2O2. The van der Waals surface area contributed by atoms with Crippen LogP contribution in [0.25, 0.3) is 0 Å². The number of benzene rings is 2. The summed E-state index contributed by atoms with van der Waals surface area (Å²) in [5.41, 5.74) is 4.46. The van der Waals surface area contributed by atoms with Gasteiger partial charge in [0, 0.05) is 5.02 Å². The Morgan fingerprint density at radius 2 is 2.04 bits per heavy atom. The third kappa shape index (κ3) is 6.18. The van der Waals surface area contributed by atoms with Gasteiger partial charge in [0.2, 0.25) is 0 Å². The largest absolute Gasteiger partial charge is 0.483 e. The minimum atomic E-state index is -0.343. The third-order valence-corrected chi connectivity index (χ3v) is 4.26. The van der Waals surface area contributed by atoms with E-state index in [0.29, 0.717) is 10.8 Å². The maximum absolute atomic E-state index is 11.8. The van der Waals surface area contributed by atoms with Gasteiger partial charge in [0.1, 0.15) is 5.75 Å². The van der Waals surface area contributed by atoms with Crippen LogP contribution in [0, 0.1) is 0 Å². The number of carbonyl (C=O) groups is 1. The number of nitrogens with one attached hydrogen (secondary N) is 1. The van der Waals surface area contributed by atoms with Crippen molar-refractivity contribution in [3.05, 3.63) is 63.1 Å². The Morgan fingerprint density at radius 3 is 2.68 bits per heavy atom. The van der Waals surface area contributed by atoms with Crippen molar-refractivity contribution in [1.82, 2.24) is 5.43 Å². The molecule has 0 radical (unpaired) electrons. The van der Waals surface area contributed by atoms with Crippen molar-refractivity contribution in [2.75, 3.05) is 6.61 Å². The van der Waals surface area contributed by atoms with Gasteiger partial charge in [-0.2, -0.15) is 5.10 Å². The van der Waals surface area contributed by atoms with Crippen molar-refractivity contribution in [1.29, 1.82) is 0 Å². The minimum Gasteiger partial charge on any atom is -0.483 e. The van der Waals surface area contributed by atoms with Crippen LogP contribution in [0.5, 0.6) is 5.75 Å². The van der Waals surface area contributed by atoms with Crippen LogP contribution < -0.4 is 10.2 Å². The van der Waals surface area contributed by atoms with Gasteiger partial charge in [-0.25, -0.2) is 5.43 Å². The number of ether oxygens (including phenoxy) is 1. The summed E-state index contributed by atoms with van der Waals surface area (Å²) < 4.78 is 6.35. The van der Waals surface area contributed by atoms with Crippen LogP contribution in [0.1, 0.15) is 31.9 Å². The highest BCUT2D eigenvalue weighted by molar-refractivity contribution is 9.10. The number of carbonyl (C=O) groups excluding carboxylic acids is 1. The number of rotatable bonds is 5. The van der Waals surface area contributed by atoms with Gasteiger partial charge in [-0.3, -0.25) is 4.79 Å². The highest BCUT2D eigenvalue weighted by Gasteiger charge is 2.15. The second-order valence-electron chi connectivity index (χ2n) is 6.53. The van der Waals surface area contributed by atoms with Crippen LogP contribution in [-0.4, -0.2) is 18.7 Å². The first kappa shape index (κ1) is 19.5. The van der Waals surface area contributed by atoms with Gasteiger partial charge in [0.25, 0.3) is 5.91 Å². The maximum Gasteiger partial charge on any atom is 0.277 e. The van der Waals surface area contributed by atoms with E-state index in [1.54, 1.807) is 12.1 Å². The lowest BCUT2D eigenvalue weighted by Gasteiger charge is -2.20. The lowest BCUT2D eigenvalue weighted by Crippen LogP contribution is -2.24. The van der Waals surface area contributed by atoms with Crippen molar-refractivity contribution < 1.29 is 9.53 Å². The Hall–Kier alpha value is -1.85. The molecule has 25 heavy (non-hydrogen) atoms. The molecule has 0 spiro atoms. The average Bonchev–Trinajstić information content (AvgIpc) is 2.53. The van der Waals surface area contributed by atoms with Crippen LogP contribution in [0.4, 0.5) is 0 Å². The molecule has 0 aliphatic carbocycles. The number of amides is 1. The molecular weight excluding hydrogens is 404 g/mol. The molecule has 0 heterocycles. The molecule has 2 aromatic carbocycles. The molecule has 1 N–H and O–H groups in total. The fraction of sp³-hybridized carbons (Fsp3) is 0.263. The quantitative estimate of drug-likeness (QED) is 0.547. The zero-order valence-electron chi connectivity index (χ0n) is 14.3. The minimum absolute atomic E-state index is 0.0491. The van der Waals surface area contributed by atoms with Crippen molar-refractivity contribution in [2.45, 2.75) is 26.2 Å². The Kier molecular flexibility index (Phi) is 6.62. The normalized spacial score (nSPS) is 11.6. The molecule has 1 amide bonds. The Bertz CT molecular complexity index is 785. The summed E-state index contributed by atoms with van der Waals surface area (Å²) >= 11 is 9.37. The predicted molar refractivity (Wildman–Crippen MR) is 106 cm³/mol. The molecule has 0 aliphatic heterocycles. The Labute approximate surface area is 161 Å². The number of hydrazone groups is 1. The second-order valence-corrected chi connectivity index (χ2v) is 7.82. The molecule has 0 unspecified atom stereocenters. The fourth-order valence-corrected chi connectivity index (χ4v) is 2.72. The highest BCUT2D eigenvalue weighted by atomic mass is 79.9. The van der Waals surface area contributed by atoms with E-state index in [4.69, 9.17) is 16.3 Å². The first-order valence-corrected chi connectivity index (χ1v) is 8.93. The summed E-state index contributed by atoms with van der Waals surface area (Å²) in [6.45, 7) is 6.29. The van der Waals surface area contributed by atoms with E-state index < -0.39 is 0 Å². The number of hydrogen-bond acceptors (Lipinski definition) is 3. The number of halogens is 2. The standard InChI is InChI=1S/C19H20BrClN2O2/c1-19(2,3)14-7-8-17(16(20)10-14)25-12-18(24)23-22-11-13-5-4-6-15(21)9-13/h4-11H,12H2,1-3H3,(H,23,24). The zero-order valence-corrected chi connectivity index (χ0v) is 16.7. The lowest BCUT2D eigenvalue weighted by molar-refractivity contribution is -0.123. The van der Waals surface area contributed by atoms with Crippen molar-refractivity contribution >= 4 is 39.7 Å². The molecule has 0 saturated carbocycles. The summed E-state index contributed by atoms with van der Waals surface area (Å²) in [6, 6.07) is 13.0. The fourth-order valence-electron chi connectivity index (χ4n) is 2.03. The molecule has 0 atom stereocenters. The van der Waals surface area contributed by atoms with Crippen LogP contribution in [0.15, 0.2) is 52.0 Å². The SMILES string of the molecule is CC(C)(C)c1ccc(OCC(=O)NN=Cc2cccc(Cl)c2)c(Br)c1. The van der Waals surface area contributed by atoms with Crippen LogP contribution in [0.3, 0.4) is 0 Å². The van der Waals surface area contributed by atoms with E-state index in [2.05, 4.69) is 47.2 Å². The van der Waals surface area contributed by atoms with E-state index in [-0.39, 0.29) is 17.9 Å². The van der Waals surface area contributed by atoms with Gasteiger partial charge in [-0.15, -0.1) is 0 Å². The van der Waals surface area contributed by atoms with Gasteiger partial charge in [-0.1, -0.05) is 50.6 Å². The van der Waals surface area contributed by atoms with E-state index in [9.17, 15) is 4.79 Å². The monoisotopic (exact) mass is 422 g/mol. The van der Waals surface area contributed by atoms with Gasteiger partial charge >= 0.3 is 0 Å². The molecule has 0 fully saturated rings. The summed E-state index contributed by atoms with van der Waals surface area (Å²) in [5, 5.41) is 4.50. The summed E-state index contributed by atoms with van der Waals surface area (Å²) in [4.78, 5) is 11.8. The molecule has 0 saturated heterocycles. The van der Waals surface area contributed by atoms with Crippen LogP contribution in [-0.2, 0) is 10.2 Å². The smallest absolute Gasteiger partial charge is 0.277 e. The predicted octanol–water partition coefficient (Wildman–Crippen LogP) is 4.93. The summed E-state index contributed by atoms with van der Waals surface area (Å²) in [5.74, 6) is 0.270. The van der Waals surface area contributed by atoms with E-state index in [1.165, 1.54) is 11.8 Å². The van der Waals surface area contributed by atoms with Crippen molar-refractivity contribution in [2.24, 2.45) is 5.10 Å². The molecule has 0 aliphatic rings. The Morgan fingerprint density at radius 1 is 1.28 bits per heavy atom. The molecule has 132 valence electrons. The van der Waals surface area contributed by atoms with Crippen molar-refractivity contribution in [3.63, 3.8) is 0 Å². The average molecular weight is 424 g/mol. The first-order chi connectivity index (χ1) is 11.8. The molecule has 0 aromatic heterocycles. The van der Waals surface area contributed by atoms with Crippen LogP contribution >= 0.6 is 27.5 Å². The van der Waals surface area contributed by atoms with Crippen LogP contribution in [0.2, 0.25) is 5.02 Å². The number of hydrogen-bond donors (Lipinski definition) is 1. The summed E-state index contributed by atoms with van der Waals surface area (Å²) in [6.07, 6.45) is 1.53.